The number of hydrogen-bond acceptors (Lipinski definition) is 2. The zero-order valence-corrected chi connectivity index (χ0v) is 13.5. The standard InChI is InChI=1S/C19H24N2O2/c22-17(21-11-9-19(7-8-19)10-12-21)13-20-18(23)16-5-3-15(4-6-16)14-1-2-14/h3-6,14H,1-2,7-13H2,(H,20,23). The van der Waals surface area contributed by atoms with Crippen molar-refractivity contribution in [3.05, 3.63) is 35.4 Å². The largest absolute Gasteiger partial charge is 0.343 e. The molecular formula is C19H24N2O2. The zero-order chi connectivity index (χ0) is 15.9. The summed E-state index contributed by atoms with van der Waals surface area (Å²) in [5, 5.41) is 2.77. The summed E-state index contributed by atoms with van der Waals surface area (Å²) >= 11 is 0. The number of piperidine rings is 1. The van der Waals surface area contributed by atoms with E-state index in [0.29, 0.717) is 16.9 Å². The van der Waals surface area contributed by atoms with Crippen LogP contribution in [0.2, 0.25) is 0 Å². The predicted molar refractivity (Wildman–Crippen MR) is 88.2 cm³/mol. The van der Waals surface area contributed by atoms with Gasteiger partial charge in [0.15, 0.2) is 0 Å². The highest BCUT2D eigenvalue weighted by Gasteiger charge is 2.44. The summed E-state index contributed by atoms with van der Waals surface area (Å²) in [7, 11) is 0. The van der Waals surface area contributed by atoms with Crippen molar-refractivity contribution >= 4 is 11.8 Å². The summed E-state index contributed by atoms with van der Waals surface area (Å²) in [5.74, 6) is 0.586. The Kier molecular flexibility index (Phi) is 3.63. The van der Waals surface area contributed by atoms with Gasteiger partial charge < -0.3 is 10.2 Å². The average molecular weight is 312 g/mol. The highest BCUT2D eigenvalue weighted by Crippen LogP contribution is 2.53. The van der Waals surface area contributed by atoms with Gasteiger partial charge in [-0.15, -0.1) is 0 Å². The fourth-order valence-electron chi connectivity index (χ4n) is 3.60. The zero-order valence-electron chi connectivity index (χ0n) is 13.5. The van der Waals surface area contributed by atoms with Crippen molar-refractivity contribution in [1.29, 1.82) is 0 Å². The molecule has 1 N–H and O–H groups in total. The second-order valence-electron chi connectivity index (χ2n) is 7.46. The van der Waals surface area contributed by atoms with Gasteiger partial charge in [-0.2, -0.15) is 0 Å². The molecule has 4 nitrogen and oxygen atoms in total. The average Bonchev–Trinajstić information content (AvgIpc) is 3.49. The minimum Gasteiger partial charge on any atom is -0.343 e. The number of amides is 2. The van der Waals surface area contributed by atoms with Crippen LogP contribution in [0.15, 0.2) is 24.3 Å². The van der Waals surface area contributed by atoms with E-state index in [9.17, 15) is 9.59 Å². The third-order valence-electron chi connectivity index (χ3n) is 5.76. The number of carbonyl (C=O) groups excluding carboxylic acids is 2. The molecule has 3 fully saturated rings. The van der Waals surface area contributed by atoms with E-state index in [-0.39, 0.29) is 18.4 Å². The molecule has 2 saturated carbocycles. The van der Waals surface area contributed by atoms with Crippen molar-refractivity contribution in [3.8, 4) is 0 Å². The molecule has 2 amide bonds. The molecule has 0 radical (unpaired) electrons. The van der Waals surface area contributed by atoms with Gasteiger partial charge in [-0.25, -0.2) is 0 Å². The van der Waals surface area contributed by atoms with E-state index < -0.39 is 0 Å². The molecule has 1 aliphatic heterocycles. The summed E-state index contributed by atoms with van der Waals surface area (Å²) < 4.78 is 0. The lowest BCUT2D eigenvalue weighted by Gasteiger charge is -2.32. The number of carbonyl (C=O) groups is 2. The van der Waals surface area contributed by atoms with Gasteiger partial charge in [-0.3, -0.25) is 9.59 Å². The van der Waals surface area contributed by atoms with Crippen LogP contribution in [-0.4, -0.2) is 36.3 Å². The molecule has 4 rings (SSSR count). The van der Waals surface area contributed by atoms with Crippen molar-refractivity contribution in [2.24, 2.45) is 5.41 Å². The fourth-order valence-corrected chi connectivity index (χ4v) is 3.60. The molecule has 1 aromatic carbocycles. The van der Waals surface area contributed by atoms with E-state index in [2.05, 4.69) is 5.32 Å². The van der Waals surface area contributed by atoms with Crippen LogP contribution in [-0.2, 0) is 4.79 Å². The highest BCUT2D eigenvalue weighted by atomic mass is 16.2. The first kappa shape index (κ1) is 14.7. The summed E-state index contributed by atoms with van der Waals surface area (Å²) in [6.07, 6.45) is 7.46. The first-order chi connectivity index (χ1) is 11.2. The molecule has 1 aromatic rings. The van der Waals surface area contributed by atoms with Gasteiger partial charge in [0.1, 0.15) is 0 Å². The molecule has 1 spiro atoms. The third-order valence-corrected chi connectivity index (χ3v) is 5.76. The maximum absolute atomic E-state index is 12.2. The van der Waals surface area contributed by atoms with Crippen LogP contribution >= 0.6 is 0 Å². The Morgan fingerprint density at radius 1 is 1.04 bits per heavy atom. The molecule has 3 aliphatic rings. The summed E-state index contributed by atoms with van der Waals surface area (Å²) in [4.78, 5) is 26.3. The van der Waals surface area contributed by atoms with E-state index in [1.807, 2.05) is 29.2 Å². The van der Waals surface area contributed by atoms with Crippen molar-refractivity contribution in [1.82, 2.24) is 10.2 Å². The Labute approximate surface area is 137 Å². The molecule has 0 bridgehead atoms. The highest BCUT2D eigenvalue weighted by molar-refractivity contribution is 5.96. The van der Waals surface area contributed by atoms with Gasteiger partial charge in [0, 0.05) is 18.7 Å². The molecule has 23 heavy (non-hydrogen) atoms. The minimum absolute atomic E-state index is 0.0449. The predicted octanol–water partition coefficient (Wildman–Crippen LogP) is 2.70. The monoisotopic (exact) mass is 312 g/mol. The van der Waals surface area contributed by atoms with Crippen LogP contribution in [0.1, 0.15) is 60.4 Å². The van der Waals surface area contributed by atoms with Crippen LogP contribution in [0.3, 0.4) is 0 Å². The molecule has 4 heteroatoms. The lowest BCUT2D eigenvalue weighted by Crippen LogP contribution is -2.44. The van der Waals surface area contributed by atoms with Crippen LogP contribution < -0.4 is 5.32 Å². The molecule has 0 aromatic heterocycles. The quantitative estimate of drug-likeness (QED) is 0.929. The van der Waals surface area contributed by atoms with Gasteiger partial charge in [0.25, 0.3) is 5.91 Å². The van der Waals surface area contributed by atoms with Crippen molar-refractivity contribution in [3.63, 3.8) is 0 Å². The maximum atomic E-state index is 12.2. The number of hydrogen-bond donors (Lipinski definition) is 1. The lowest BCUT2D eigenvalue weighted by molar-refractivity contribution is -0.131. The van der Waals surface area contributed by atoms with E-state index in [4.69, 9.17) is 0 Å². The fraction of sp³-hybridized carbons (Fsp3) is 0.579. The van der Waals surface area contributed by atoms with E-state index in [0.717, 1.165) is 25.9 Å². The minimum atomic E-state index is -0.156. The third kappa shape index (κ3) is 3.26. The molecule has 122 valence electrons. The van der Waals surface area contributed by atoms with Gasteiger partial charge >= 0.3 is 0 Å². The number of likely N-dealkylation sites (tertiary alicyclic amines) is 1. The Morgan fingerprint density at radius 2 is 1.70 bits per heavy atom. The molecule has 0 unspecified atom stereocenters. The SMILES string of the molecule is O=C(NCC(=O)N1CCC2(CC1)CC2)c1ccc(C2CC2)cc1. The van der Waals surface area contributed by atoms with Gasteiger partial charge in [0.2, 0.25) is 5.91 Å². The summed E-state index contributed by atoms with van der Waals surface area (Å²) in [6, 6.07) is 7.80. The van der Waals surface area contributed by atoms with Crippen LogP contribution in [0.4, 0.5) is 0 Å². The lowest BCUT2D eigenvalue weighted by atomic mass is 9.94. The van der Waals surface area contributed by atoms with Crippen molar-refractivity contribution < 1.29 is 9.59 Å². The van der Waals surface area contributed by atoms with Crippen LogP contribution in [0.25, 0.3) is 0 Å². The molecule has 1 heterocycles. The first-order valence-electron chi connectivity index (χ1n) is 8.81. The number of rotatable bonds is 4. The molecule has 1 saturated heterocycles. The Hall–Kier alpha value is -1.84. The number of nitrogens with one attached hydrogen (secondary N) is 1. The van der Waals surface area contributed by atoms with Crippen LogP contribution in [0, 0.1) is 5.41 Å². The van der Waals surface area contributed by atoms with Gasteiger partial charge in [-0.1, -0.05) is 12.1 Å². The van der Waals surface area contributed by atoms with Gasteiger partial charge in [0.05, 0.1) is 6.54 Å². The van der Waals surface area contributed by atoms with Crippen LogP contribution in [0.5, 0.6) is 0 Å². The molecule has 2 aliphatic carbocycles. The normalized spacial score (nSPS) is 22.0. The second-order valence-corrected chi connectivity index (χ2v) is 7.46. The Balaban J connectivity index is 1.26. The first-order valence-corrected chi connectivity index (χ1v) is 8.81. The molecular weight excluding hydrogens is 288 g/mol. The smallest absolute Gasteiger partial charge is 0.251 e. The second kappa shape index (κ2) is 5.66. The van der Waals surface area contributed by atoms with Gasteiger partial charge in [-0.05, 0) is 67.6 Å². The molecule has 0 atom stereocenters. The maximum Gasteiger partial charge on any atom is 0.251 e. The Bertz CT molecular complexity index is 605. The Morgan fingerprint density at radius 3 is 2.26 bits per heavy atom. The number of nitrogens with zero attached hydrogens (tertiary/aromatic N) is 1. The summed E-state index contributed by atoms with van der Waals surface area (Å²) in [6.45, 7) is 1.81. The van der Waals surface area contributed by atoms with E-state index in [1.54, 1.807) is 0 Å². The topological polar surface area (TPSA) is 49.4 Å². The van der Waals surface area contributed by atoms with E-state index >= 15 is 0 Å². The number of benzene rings is 1. The van der Waals surface area contributed by atoms with Crippen molar-refractivity contribution in [2.75, 3.05) is 19.6 Å². The van der Waals surface area contributed by atoms with Crippen molar-refractivity contribution in [2.45, 2.75) is 44.4 Å². The summed E-state index contributed by atoms with van der Waals surface area (Å²) in [5.41, 5.74) is 2.53. The van der Waals surface area contributed by atoms with E-state index in [1.165, 1.54) is 31.2 Å².